The van der Waals surface area contributed by atoms with Gasteiger partial charge in [0.25, 0.3) is 5.91 Å². The van der Waals surface area contributed by atoms with E-state index in [2.05, 4.69) is 22.5 Å². The van der Waals surface area contributed by atoms with Gasteiger partial charge in [0.15, 0.2) is 0 Å². The lowest BCUT2D eigenvalue weighted by Crippen LogP contribution is -2.28. The molecule has 1 unspecified atom stereocenters. The van der Waals surface area contributed by atoms with Crippen molar-refractivity contribution in [1.82, 2.24) is 10.3 Å². The lowest BCUT2D eigenvalue weighted by molar-refractivity contribution is -0.117. The summed E-state index contributed by atoms with van der Waals surface area (Å²) in [7, 11) is 0. The summed E-state index contributed by atoms with van der Waals surface area (Å²) in [5.74, 6) is -0.0233. The highest BCUT2D eigenvalue weighted by Crippen LogP contribution is 2.51. The Morgan fingerprint density at radius 2 is 2.14 bits per heavy atom. The van der Waals surface area contributed by atoms with Crippen LogP contribution in [0.2, 0.25) is 0 Å². The van der Waals surface area contributed by atoms with Crippen molar-refractivity contribution in [3.05, 3.63) is 75.7 Å². The maximum atomic E-state index is 12.5. The average Bonchev–Trinajstić information content (AvgIpc) is 2.94. The van der Waals surface area contributed by atoms with Crippen molar-refractivity contribution in [2.24, 2.45) is 0 Å². The minimum Gasteiger partial charge on any atom is -0.344 e. The van der Waals surface area contributed by atoms with Crippen molar-refractivity contribution in [3.8, 4) is 0 Å². The maximum absolute atomic E-state index is 12.5. The third-order valence-electron chi connectivity index (χ3n) is 4.24. The number of hydrogen-bond acceptors (Lipinski definition) is 2. The fraction of sp³-hybridized carbons (Fsp3) is 0.222. The summed E-state index contributed by atoms with van der Waals surface area (Å²) in [6.45, 7) is 3.97. The maximum Gasteiger partial charge on any atom is 0.252 e. The second-order valence-electron chi connectivity index (χ2n) is 5.85. The Balaban J connectivity index is 1.53. The zero-order valence-corrected chi connectivity index (χ0v) is 12.1. The van der Waals surface area contributed by atoms with Gasteiger partial charge in [-0.15, -0.1) is 0 Å². The smallest absolute Gasteiger partial charge is 0.252 e. The molecule has 3 nitrogen and oxygen atoms in total. The summed E-state index contributed by atoms with van der Waals surface area (Å²) in [5, 5.41) is 3.04. The van der Waals surface area contributed by atoms with E-state index in [1.807, 2.05) is 38.3 Å². The summed E-state index contributed by atoms with van der Waals surface area (Å²) >= 11 is 0. The van der Waals surface area contributed by atoms with E-state index in [0.29, 0.717) is 0 Å². The quantitative estimate of drug-likeness (QED) is 0.922. The average molecular weight is 276 g/mol. The van der Waals surface area contributed by atoms with Crippen molar-refractivity contribution >= 4 is 5.91 Å². The third-order valence-corrected chi connectivity index (χ3v) is 4.24. The molecule has 1 heterocycles. The van der Waals surface area contributed by atoms with Crippen molar-refractivity contribution in [2.45, 2.75) is 26.3 Å². The van der Waals surface area contributed by atoms with E-state index < -0.39 is 0 Å². The molecule has 1 fully saturated rings. The number of hydrogen-bond donors (Lipinski definition) is 1. The van der Waals surface area contributed by atoms with Crippen LogP contribution < -0.4 is 5.32 Å². The number of nitrogens with one attached hydrogen (secondary N) is 1. The topological polar surface area (TPSA) is 42.0 Å². The van der Waals surface area contributed by atoms with Crippen molar-refractivity contribution < 1.29 is 4.79 Å². The molecule has 0 saturated heterocycles. The van der Waals surface area contributed by atoms with Gasteiger partial charge in [0.1, 0.15) is 0 Å². The van der Waals surface area contributed by atoms with Gasteiger partial charge in [-0.1, -0.05) is 12.1 Å². The Labute approximate surface area is 123 Å². The molecule has 0 spiro atoms. The minimum absolute atomic E-state index is 0.0233. The number of rotatable bonds is 3. The van der Waals surface area contributed by atoms with Gasteiger partial charge in [0, 0.05) is 11.8 Å². The molecule has 1 N–H and O–H groups in total. The molecule has 3 heteroatoms. The molecule has 0 aromatic carbocycles. The van der Waals surface area contributed by atoms with Crippen LogP contribution in [-0.2, 0) is 4.79 Å². The second-order valence-corrected chi connectivity index (χ2v) is 5.85. The van der Waals surface area contributed by atoms with E-state index in [-0.39, 0.29) is 11.9 Å². The predicted octanol–water partition coefficient (Wildman–Crippen LogP) is 3.07. The molecular formula is C18H16N2O. The zero-order valence-electron chi connectivity index (χ0n) is 12.1. The van der Waals surface area contributed by atoms with E-state index in [4.69, 9.17) is 0 Å². The second kappa shape index (κ2) is 4.29. The molecule has 4 rings (SSSR count). The minimum atomic E-state index is -0.0973. The SMILES string of the molecule is Cc1ccc(C(C)NC(=O)C2=C3C=C4CC4=C3C=C2)nc1. The molecule has 0 aliphatic heterocycles. The van der Waals surface area contributed by atoms with Gasteiger partial charge in [-0.2, -0.15) is 0 Å². The number of carbonyl (C=O) groups excluding carboxylic acids is 1. The molecule has 3 aliphatic rings. The zero-order chi connectivity index (χ0) is 14.6. The monoisotopic (exact) mass is 276 g/mol. The van der Waals surface area contributed by atoms with Gasteiger partial charge in [-0.25, -0.2) is 0 Å². The first-order valence-corrected chi connectivity index (χ1v) is 7.24. The molecular weight excluding hydrogens is 260 g/mol. The van der Waals surface area contributed by atoms with Gasteiger partial charge in [-0.3, -0.25) is 9.78 Å². The van der Waals surface area contributed by atoms with E-state index in [9.17, 15) is 4.79 Å². The number of nitrogens with zero attached hydrogens (tertiary/aromatic N) is 1. The normalized spacial score (nSPS) is 19.4. The number of aryl methyl sites for hydroxylation is 1. The van der Waals surface area contributed by atoms with Gasteiger partial charge in [-0.05, 0) is 66.3 Å². The van der Waals surface area contributed by atoms with E-state index >= 15 is 0 Å². The summed E-state index contributed by atoms with van der Waals surface area (Å²) in [6.07, 6.45) is 9.06. The summed E-state index contributed by atoms with van der Waals surface area (Å²) in [5.41, 5.74) is 7.92. The largest absolute Gasteiger partial charge is 0.344 e. The van der Waals surface area contributed by atoms with Crippen molar-refractivity contribution in [3.63, 3.8) is 0 Å². The molecule has 1 atom stereocenters. The molecule has 1 aromatic rings. The fourth-order valence-corrected chi connectivity index (χ4v) is 2.92. The number of fused-ring (bicyclic) bond motifs is 2. The Morgan fingerprint density at radius 3 is 2.90 bits per heavy atom. The fourth-order valence-electron chi connectivity index (χ4n) is 2.92. The predicted molar refractivity (Wildman–Crippen MR) is 81.4 cm³/mol. The highest BCUT2D eigenvalue weighted by atomic mass is 16.1. The first kappa shape index (κ1) is 12.3. The Hall–Kier alpha value is -2.42. The van der Waals surface area contributed by atoms with Gasteiger partial charge >= 0.3 is 0 Å². The van der Waals surface area contributed by atoms with E-state index in [1.54, 1.807) is 0 Å². The van der Waals surface area contributed by atoms with Crippen LogP contribution in [0.5, 0.6) is 0 Å². The van der Waals surface area contributed by atoms with Crippen LogP contribution in [0.1, 0.15) is 30.6 Å². The Kier molecular flexibility index (Phi) is 2.52. The van der Waals surface area contributed by atoms with Crippen LogP contribution >= 0.6 is 0 Å². The molecule has 0 radical (unpaired) electrons. The number of aromatic nitrogens is 1. The number of carbonyl (C=O) groups is 1. The first-order valence-electron chi connectivity index (χ1n) is 7.24. The third kappa shape index (κ3) is 1.97. The number of allylic oxidation sites excluding steroid dienone is 6. The lowest BCUT2D eigenvalue weighted by Gasteiger charge is -2.14. The van der Waals surface area contributed by atoms with Crippen LogP contribution in [0, 0.1) is 6.92 Å². The van der Waals surface area contributed by atoms with Crippen LogP contribution in [0.4, 0.5) is 0 Å². The van der Waals surface area contributed by atoms with Gasteiger partial charge < -0.3 is 5.32 Å². The Morgan fingerprint density at radius 1 is 1.29 bits per heavy atom. The van der Waals surface area contributed by atoms with Crippen LogP contribution in [0.3, 0.4) is 0 Å². The standard InChI is InChI=1S/C18H16N2O/c1-10-3-6-17(19-9-10)11(2)20-18(21)14-5-4-13-15-7-12(15)8-16(13)14/h3-6,8-9,11H,7H2,1-2H3,(H,20,21). The summed E-state index contributed by atoms with van der Waals surface area (Å²) in [4.78, 5) is 16.8. The number of pyridine rings is 1. The molecule has 104 valence electrons. The van der Waals surface area contributed by atoms with Crippen LogP contribution in [-0.4, -0.2) is 10.9 Å². The van der Waals surface area contributed by atoms with Crippen molar-refractivity contribution in [1.29, 1.82) is 0 Å². The van der Waals surface area contributed by atoms with Gasteiger partial charge in [0.05, 0.1) is 11.7 Å². The molecule has 1 amide bonds. The molecule has 3 aliphatic carbocycles. The molecule has 1 saturated carbocycles. The molecule has 21 heavy (non-hydrogen) atoms. The van der Waals surface area contributed by atoms with Crippen LogP contribution in [0.25, 0.3) is 0 Å². The first-order chi connectivity index (χ1) is 10.1. The highest BCUT2D eigenvalue weighted by molar-refractivity contribution is 6.02. The molecule has 0 bridgehead atoms. The molecule has 1 aromatic heterocycles. The van der Waals surface area contributed by atoms with Crippen LogP contribution in [0.15, 0.2) is 64.4 Å². The van der Waals surface area contributed by atoms with E-state index in [0.717, 1.165) is 28.8 Å². The van der Waals surface area contributed by atoms with Crippen molar-refractivity contribution in [2.75, 3.05) is 0 Å². The highest BCUT2D eigenvalue weighted by Gasteiger charge is 2.35. The Bertz CT molecular complexity index is 776. The van der Waals surface area contributed by atoms with Gasteiger partial charge in [0.2, 0.25) is 0 Å². The summed E-state index contributed by atoms with van der Waals surface area (Å²) < 4.78 is 0. The van der Waals surface area contributed by atoms with E-state index in [1.165, 1.54) is 16.7 Å². The lowest BCUT2D eigenvalue weighted by atomic mass is 10.1. The number of amides is 1. The summed E-state index contributed by atoms with van der Waals surface area (Å²) in [6, 6.07) is 3.88.